The Kier molecular flexibility index (Phi) is 4.05. The van der Waals surface area contributed by atoms with Crippen molar-refractivity contribution in [3.8, 4) is 0 Å². The summed E-state index contributed by atoms with van der Waals surface area (Å²) in [5.41, 5.74) is 0.686. The van der Waals surface area contributed by atoms with E-state index in [0.29, 0.717) is 42.0 Å². The number of fused-ring (bicyclic) bond motifs is 4. The van der Waals surface area contributed by atoms with Crippen LogP contribution in [0.3, 0.4) is 0 Å². The average molecular weight is 379 g/mol. The van der Waals surface area contributed by atoms with Crippen LogP contribution in [0.15, 0.2) is 45.6 Å². The van der Waals surface area contributed by atoms with Gasteiger partial charge in [-0.15, -0.1) is 0 Å². The fraction of sp³-hybridized carbons (Fsp3) is 0.381. The lowest BCUT2D eigenvalue weighted by atomic mass is 10.1. The highest BCUT2D eigenvalue weighted by molar-refractivity contribution is 5.92. The maximum atomic E-state index is 13.2. The minimum atomic E-state index is -0.125. The molecule has 0 saturated carbocycles. The van der Waals surface area contributed by atoms with E-state index in [1.54, 1.807) is 23.8 Å². The van der Waals surface area contributed by atoms with Gasteiger partial charge >= 0.3 is 0 Å². The van der Waals surface area contributed by atoms with E-state index >= 15 is 0 Å². The van der Waals surface area contributed by atoms with E-state index in [9.17, 15) is 9.59 Å². The van der Waals surface area contributed by atoms with E-state index in [1.807, 2.05) is 29.2 Å². The number of carbonyl (C=O) groups excluding carboxylic acids is 1. The Labute approximate surface area is 161 Å². The minimum absolute atomic E-state index is 0.0234. The number of aromatic nitrogens is 2. The number of hydrogen-bond acceptors (Lipinski definition) is 5. The SMILES string of the molecule is COCc1ccc(C(=O)N2C3CCC2Cn2c(nc4ccccc4c2=O)C3)o1. The molecule has 2 unspecified atom stereocenters. The Morgan fingerprint density at radius 2 is 2.04 bits per heavy atom. The number of methoxy groups -OCH3 is 1. The van der Waals surface area contributed by atoms with Crippen molar-refractivity contribution in [3.63, 3.8) is 0 Å². The van der Waals surface area contributed by atoms with Crippen LogP contribution in [0.1, 0.15) is 35.0 Å². The molecule has 1 saturated heterocycles. The number of rotatable bonds is 3. The molecule has 4 heterocycles. The molecule has 2 aliphatic heterocycles. The first kappa shape index (κ1) is 17.2. The predicted molar refractivity (Wildman–Crippen MR) is 102 cm³/mol. The fourth-order valence-electron chi connectivity index (χ4n) is 4.49. The lowest BCUT2D eigenvalue weighted by Crippen LogP contribution is -2.42. The van der Waals surface area contributed by atoms with Gasteiger partial charge in [0.1, 0.15) is 18.2 Å². The molecule has 28 heavy (non-hydrogen) atoms. The zero-order valence-corrected chi connectivity index (χ0v) is 15.6. The summed E-state index contributed by atoms with van der Waals surface area (Å²) in [5.74, 6) is 1.58. The van der Waals surface area contributed by atoms with Gasteiger partial charge in [-0.25, -0.2) is 4.98 Å². The number of amides is 1. The number of hydrogen-bond donors (Lipinski definition) is 0. The van der Waals surface area contributed by atoms with E-state index in [-0.39, 0.29) is 23.6 Å². The summed E-state index contributed by atoms with van der Waals surface area (Å²) in [6.07, 6.45) is 2.36. The first-order valence-corrected chi connectivity index (χ1v) is 9.54. The van der Waals surface area contributed by atoms with Crippen LogP contribution in [0.25, 0.3) is 10.9 Å². The molecule has 2 aliphatic rings. The quantitative estimate of drug-likeness (QED) is 0.698. The zero-order chi connectivity index (χ0) is 19.3. The molecule has 7 heteroatoms. The molecule has 2 bridgehead atoms. The van der Waals surface area contributed by atoms with E-state index in [0.717, 1.165) is 18.7 Å². The lowest BCUT2D eigenvalue weighted by molar-refractivity contribution is 0.0626. The normalized spacial score (nSPS) is 21.0. The Hall–Kier alpha value is -2.93. The number of ether oxygens (including phenoxy) is 1. The summed E-state index contributed by atoms with van der Waals surface area (Å²) >= 11 is 0. The van der Waals surface area contributed by atoms with Crippen LogP contribution in [0.5, 0.6) is 0 Å². The third kappa shape index (κ3) is 2.65. The molecular weight excluding hydrogens is 358 g/mol. The van der Waals surface area contributed by atoms with Crippen molar-refractivity contribution in [1.82, 2.24) is 14.5 Å². The number of nitrogens with zero attached hydrogens (tertiary/aromatic N) is 3. The summed E-state index contributed by atoms with van der Waals surface area (Å²) in [4.78, 5) is 32.8. The second-order valence-corrected chi connectivity index (χ2v) is 7.46. The Morgan fingerprint density at radius 1 is 1.21 bits per heavy atom. The van der Waals surface area contributed by atoms with Crippen LogP contribution < -0.4 is 5.56 Å². The smallest absolute Gasteiger partial charge is 0.290 e. The maximum Gasteiger partial charge on any atom is 0.290 e. The standard InChI is InChI=1S/C21H21N3O4/c1-27-12-15-8-9-18(28-15)21(26)24-13-6-7-14(24)11-23-19(10-13)22-17-5-3-2-4-16(17)20(23)25/h2-5,8-9,13-14H,6-7,10-12H2,1H3. The van der Waals surface area contributed by atoms with Gasteiger partial charge in [-0.3, -0.25) is 14.2 Å². The van der Waals surface area contributed by atoms with Crippen LogP contribution in [0.2, 0.25) is 0 Å². The van der Waals surface area contributed by atoms with Gasteiger partial charge in [-0.1, -0.05) is 12.1 Å². The van der Waals surface area contributed by atoms with E-state index in [1.165, 1.54) is 0 Å². The Bertz CT molecular complexity index is 1120. The van der Waals surface area contributed by atoms with E-state index < -0.39 is 0 Å². The summed E-state index contributed by atoms with van der Waals surface area (Å²) in [6.45, 7) is 0.803. The second-order valence-electron chi connectivity index (χ2n) is 7.46. The van der Waals surface area contributed by atoms with Crippen molar-refractivity contribution < 1.29 is 13.9 Å². The minimum Gasteiger partial charge on any atom is -0.453 e. The second kappa shape index (κ2) is 6.60. The van der Waals surface area contributed by atoms with E-state index in [2.05, 4.69) is 0 Å². The van der Waals surface area contributed by atoms with Crippen LogP contribution in [-0.2, 0) is 24.3 Å². The summed E-state index contributed by atoms with van der Waals surface area (Å²) in [5, 5.41) is 0.622. The molecule has 144 valence electrons. The molecule has 1 aromatic carbocycles. The van der Waals surface area contributed by atoms with Gasteiger partial charge in [0.15, 0.2) is 5.76 Å². The first-order chi connectivity index (χ1) is 13.7. The highest BCUT2D eigenvalue weighted by Gasteiger charge is 2.41. The van der Waals surface area contributed by atoms with Crippen molar-refractivity contribution in [2.75, 3.05) is 7.11 Å². The maximum absolute atomic E-state index is 13.2. The van der Waals surface area contributed by atoms with Crippen LogP contribution in [0, 0.1) is 0 Å². The van der Waals surface area contributed by atoms with Crippen molar-refractivity contribution in [2.45, 2.75) is 44.5 Å². The average Bonchev–Trinajstić information content (AvgIpc) is 3.27. The molecule has 7 nitrogen and oxygen atoms in total. The fourth-order valence-corrected chi connectivity index (χ4v) is 4.49. The van der Waals surface area contributed by atoms with Crippen molar-refractivity contribution in [3.05, 3.63) is 64.1 Å². The summed E-state index contributed by atoms with van der Waals surface area (Å²) in [7, 11) is 1.59. The van der Waals surface area contributed by atoms with E-state index in [4.69, 9.17) is 14.1 Å². The highest BCUT2D eigenvalue weighted by Crippen LogP contribution is 2.32. The van der Waals surface area contributed by atoms with Crippen molar-refractivity contribution in [1.29, 1.82) is 0 Å². The van der Waals surface area contributed by atoms with Gasteiger partial charge in [0.25, 0.3) is 11.5 Å². The van der Waals surface area contributed by atoms with Gasteiger partial charge in [0, 0.05) is 26.1 Å². The van der Waals surface area contributed by atoms with Gasteiger partial charge < -0.3 is 14.1 Å². The Balaban J connectivity index is 1.51. The largest absolute Gasteiger partial charge is 0.453 e. The molecule has 0 aliphatic carbocycles. The third-order valence-corrected chi connectivity index (χ3v) is 5.77. The molecule has 2 atom stereocenters. The highest BCUT2D eigenvalue weighted by atomic mass is 16.5. The molecule has 5 rings (SSSR count). The molecule has 1 fully saturated rings. The van der Waals surface area contributed by atoms with Gasteiger partial charge in [-0.2, -0.15) is 0 Å². The zero-order valence-electron chi connectivity index (χ0n) is 15.6. The lowest BCUT2D eigenvalue weighted by Gasteiger charge is -2.26. The monoisotopic (exact) mass is 379 g/mol. The molecular formula is C21H21N3O4. The number of furan rings is 1. The Morgan fingerprint density at radius 3 is 2.89 bits per heavy atom. The number of benzene rings is 1. The third-order valence-electron chi connectivity index (χ3n) is 5.77. The van der Waals surface area contributed by atoms with Gasteiger partial charge in [0.05, 0.1) is 16.9 Å². The molecule has 0 radical (unpaired) electrons. The number of carbonyl (C=O) groups is 1. The van der Waals surface area contributed by atoms with Crippen molar-refractivity contribution in [2.24, 2.45) is 0 Å². The summed E-state index contributed by atoms with van der Waals surface area (Å²) in [6, 6.07) is 10.9. The number of para-hydroxylation sites is 1. The molecule has 1 amide bonds. The van der Waals surface area contributed by atoms with Crippen molar-refractivity contribution >= 4 is 16.8 Å². The molecule has 0 spiro atoms. The predicted octanol–water partition coefficient (Wildman–Crippen LogP) is 2.37. The van der Waals surface area contributed by atoms with Crippen LogP contribution in [-0.4, -0.2) is 39.6 Å². The first-order valence-electron chi connectivity index (χ1n) is 9.54. The van der Waals surface area contributed by atoms with Crippen LogP contribution >= 0.6 is 0 Å². The molecule has 2 aromatic heterocycles. The topological polar surface area (TPSA) is 77.6 Å². The molecule has 3 aromatic rings. The molecule has 0 N–H and O–H groups in total. The van der Waals surface area contributed by atoms with Crippen LogP contribution in [0.4, 0.5) is 0 Å². The van der Waals surface area contributed by atoms with Gasteiger partial charge in [-0.05, 0) is 37.1 Å². The summed E-state index contributed by atoms with van der Waals surface area (Å²) < 4.78 is 12.5. The van der Waals surface area contributed by atoms with Gasteiger partial charge in [0.2, 0.25) is 0 Å².